The van der Waals surface area contributed by atoms with Crippen LogP contribution in [-0.2, 0) is 4.79 Å². The Morgan fingerprint density at radius 1 is 1.18 bits per heavy atom. The number of amides is 1. The maximum atomic E-state index is 12.6. The van der Waals surface area contributed by atoms with E-state index in [-0.39, 0.29) is 12.4 Å². The molecular weight excluding hydrogens is 298 g/mol. The van der Waals surface area contributed by atoms with Crippen LogP contribution in [0.5, 0.6) is 0 Å². The van der Waals surface area contributed by atoms with Gasteiger partial charge in [-0.1, -0.05) is 6.92 Å². The minimum Gasteiger partial charge on any atom is -0.342 e. The van der Waals surface area contributed by atoms with E-state index >= 15 is 0 Å². The number of fused-ring (bicyclic) bond motifs is 1. The van der Waals surface area contributed by atoms with E-state index in [1.807, 2.05) is 11.9 Å². The van der Waals surface area contributed by atoms with Crippen LogP contribution in [0.15, 0.2) is 0 Å². The first-order valence-electron chi connectivity index (χ1n) is 8.85. The van der Waals surface area contributed by atoms with E-state index in [1.54, 1.807) is 0 Å². The predicted molar refractivity (Wildman–Crippen MR) is 92.4 cm³/mol. The molecule has 1 amide bonds. The third kappa shape index (κ3) is 4.15. The second kappa shape index (κ2) is 7.98. The number of halogens is 1. The van der Waals surface area contributed by atoms with E-state index in [2.05, 4.69) is 17.1 Å². The zero-order valence-electron chi connectivity index (χ0n) is 14.1. The van der Waals surface area contributed by atoms with Crippen LogP contribution in [0.2, 0.25) is 0 Å². The number of hydrogen-bond donors (Lipinski definition) is 1. The molecule has 1 saturated carbocycles. The summed E-state index contributed by atoms with van der Waals surface area (Å²) in [4.78, 5) is 17.0. The van der Waals surface area contributed by atoms with E-state index in [9.17, 15) is 4.79 Å². The lowest BCUT2D eigenvalue weighted by atomic mass is 9.86. The number of carbonyl (C=O) groups excluding carboxylic acids is 1. The zero-order valence-corrected chi connectivity index (χ0v) is 14.9. The van der Waals surface area contributed by atoms with Crippen molar-refractivity contribution in [2.45, 2.75) is 57.5 Å². The van der Waals surface area contributed by atoms with Crippen molar-refractivity contribution >= 4 is 18.3 Å². The maximum Gasteiger partial charge on any atom is 0.236 e. The van der Waals surface area contributed by atoms with Crippen LogP contribution < -0.4 is 5.32 Å². The second-order valence-corrected chi connectivity index (χ2v) is 7.55. The Morgan fingerprint density at radius 2 is 1.91 bits per heavy atom. The van der Waals surface area contributed by atoms with Gasteiger partial charge < -0.3 is 10.2 Å². The van der Waals surface area contributed by atoms with Crippen molar-refractivity contribution in [3.63, 3.8) is 0 Å². The van der Waals surface area contributed by atoms with Gasteiger partial charge in [0.1, 0.15) is 0 Å². The van der Waals surface area contributed by atoms with E-state index in [0.29, 0.717) is 24.5 Å². The summed E-state index contributed by atoms with van der Waals surface area (Å²) in [5.41, 5.74) is 0. The highest BCUT2D eigenvalue weighted by atomic mass is 35.5. The fraction of sp³-hybridized carbons (Fsp3) is 0.941. The van der Waals surface area contributed by atoms with Crippen molar-refractivity contribution in [1.29, 1.82) is 0 Å². The molecule has 0 radical (unpaired) electrons. The van der Waals surface area contributed by atoms with Gasteiger partial charge in [0.05, 0.1) is 6.54 Å². The Labute approximate surface area is 141 Å². The van der Waals surface area contributed by atoms with Crippen LogP contribution in [0, 0.1) is 11.8 Å². The summed E-state index contributed by atoms with van der Waals surface area (Å²) in [5.74, 6) is 1.95. The van der Waals surface area contributed by atoms with Crippen molar-refractivity contribution < 1.29 is 4.79 Å². The number of likely N-dealkylation sites (tertiary alicyclic amines) is 1. The molecule has 3 fully saturated rings. The monoisotopic (exact) mass is 329 g/mol. The van der Waals surface area contributed by atoms with Gasteiger partial charge in [0.15, 0.2) is 0 Å². The summed E-state index contributed by atoms with van der Waals surface area (Å²) in [6, 6.07) is 1.20. The molecule has 0 aromatic rings. The molecule has 2 heterocycles. The van der Waals surface area contributed by atoms with Gasteiger partial charge in [0.25, 0.3) is 0 Å². The highest BCUT2D eigenvalue weighted by Crippen LogP contribution is 2.27. The molecule has 128 valence electrons. The molecule has 0 aromatic carbocycles. The summed E-state index contributed by atoms with van der Waals surface area (Å²) < 4.78 is 0. The highest BCUT2D eigenvalue weighted by Gasteiger charge is 2.34. The standard InChI is InChI=1S/C17H31N3O.ClH/c1-13-3-5-15(6-4-13)19(2)17(21)12-20-10-8-16-14(11-20)7-9-18-16;/h13-16,18H,3-12H2,1-2H3;1H. The number of carbonyl (C=O) groups is 1. The number of nitrogens with zero attached hydrogens (tertiary/aromatic N) is 2. The second-order valence-electron chi connectivity index (χ2n) is 7.55. The first-order chi connectivity index (χ1) is 10.1. The van der Waals surface area contributed by atoms with Crippen LogP contribution in [0.1, 0.15) is 45.4 Å². The minimum atomic E-state index is 0. The quantitative estimate of drug-likeness (QED) is 0.861. The van der Waals surface area contributed by atoms with Crippen LogP contribution in [0.25, 0.3) is 0 Å². The number of hydrogen-bond acceptors (Lipinski definition) is 3. The Hall–Kier alpha value is -0.320. The van der Waals surface area contributed by atoms with Gasteiger partial charge in [0.2, 0.25) is 5.91 Å². The lowest BCUT2D eigenvalue weighted by Gasteiger charge is -2.37. The Balaban J connectivity index is 0.00000176. The normalized spacial score (nSPS) is 35.5. The van der Waals surface area contributed by atoms with E-state index < -0.39 is 0 Å². The molecule has 1 N–H and O–H groups in total. The topological polar surface area (TPSA) is 35.6 Å². The highest BCUT2D eigenvalue weighted by molar-refractivity contribution is 5.85. The van der Waals surface area contributed by atoms with Gasteiger partial charge in [-0.15, -0.1) is 12.4 Å². The number of rotatable bonds is 3. The van der Waals surface area contributed by atoms with Crippen molar-refractivity contribution in [2.24, 2.45) is 11.8 Å². The Morgan fingerprint density at radius 3 is 2.64 bits per heavy atom. The predicted octanol–water partition coefficient (Wildman–Crippen LogP) is 2.13. The summed E-state index contributed by atoms with van der Waals surface area (Å²) in [7, 11) is 2.02. The summed E-state index contributed by atoms with van der Waals surface area (Å²) in [5, 5.41) is 3.59. The van der Waals surface area contributed by atoms with Gasteiger partial charge in [-0.3, -0.25) is 9.69 Å². The largest absolute Gasteiger partial charge is 0.342 e. The average molecular weight is 330 g/mol. The molecule has 0 aromatic heterocycles. The van der Waals surface area contributed by atoms with E-state index in [4.69, 9.17) is 0 Å². The molecule has 3 aliphatic rings. The first-order valence-corrected chi connectivity index (χ1v) is 8.85. The zero-order chi connectivity index (χ0) is 14.8. The molecule has 3 rings (SSSR count). The average Bonchev–Trinajstić information content (AvgIpc) is 2.95. The third-order valence-electron chi connectivity index (χ3n) is 6.03. The fourth-order valence-electron chi connectivity index (χ4n) is 4.40. The molecule has 0 spiro atoms. The van der Waals surface area contributed by atoms with Crippen molar-refractivity contribution in [3.8, 4) is 0 Å². The fourth-order valence-corrected chi connectivity index (χ4v) is 4.40. The van der Waals surface area contributed by atoms with Crippen molar-refractivity contribution in [1.82, 2.24) is 15.1 Å². The number of piperidine rings is 1. The van der Waals surface area contributed by atoms with Crippen LogP contribution in [0.4, 0.5) is 0 Å². The van der Waals surface area contributed by atoms with Gasteiger partial charge in [0, 0.05) is 32.2 Å². The lowest BCUT2D eigenvalue weighted by molar-refractivity contribution is -0.134. The molecular formula is C17H32ClN3O. The molecule has 0 bridgehead atoms. The minimum absolute atomic E-state index is 0. The summed E-state index contributed by atoms with van der Waals surface area (Å²) in [6.45, 7) is 6.31. The van der Waals surface area contributed by atoms with Gasteiger partial charge >= 0.3 is 0 Å². The number of nitrogens with one attached hydrogen (secondary N) is 1. The van der Waals surface area contributed by atoms with E-state index in [1.165, 1.54) is 38.5 Å². The molecule has 2 unspecified atom stereocenters. The van der Waals surface area contributed by atoms with E-state index in [0.717, 1.165) is 31.5 Å². The van der Waals surface area contributed by atoms with Crippen molar-refractivity contribution in [3.05, 3.63) is 0 Å². The van der Waals surface area contributed by atoms with Crippen LogP contribution >= 0.6 is 12.4 Å². The summed E-state index contributed by atoms with van der Waals surface area (Å²) in [6.07, 6.45) is 7.44. The van der Waals surface area contributed by atoms with Gasteiger partial charge in [-0.05, 0) is 56.9 Å². The smallest absolute Gasteiger partial charge is 0.236 e. The maximum absolute atomic E-state index is 12.6. The molecule has 2 aliphatic heterocycles. The summed E-state index contributed by atoms with van der Waals surface area (Å²) >= 11 is 0. The molecule has 4 nitrogen and oxygen atoms in total. The van der Waals surface area contributed by atoms with Gasteiger partial charge in [-0.25, -0.2) is 0 Å². The molecule has 5 heteroatoms. The Kier molecular flexibility index (Phi) is 6.54. The molecule has 2 saturated heterocycles. The first kappa shape index (κ1) is 18.0. The van der Waals surface area contributed by atoms with Crippen molar-refractivity contribution in [2.75, 3.05) is 33.2 Å². The molecule has 2 atom stereocenters. The molecule has 1 aliphatic carbocycles. The van der Waals surface area contributed by atoms with Gasteiger partial charge in [-0.2, -0.15) is 0 Å². The van der Waals surface area contributed by atoms with Crippen LogP contribution in [-0.4, -0.2) is 61.0 Å². The SMILES string of the molecule is CC1CCC(N(C)C(=O)CN2CCC3NCCC3C2)CC1.Cl. The van der Waals surface area contributed by atoms with Crippen LogP contribution in [0.3, 0.4) is 0 Å². The lowest BCUT2D eigenvalue weighted by Crippen LogP contribution is -2.49. The third-order valence-corrected chi connectivity index (χ3v) is 6.03. The Bertz CT molecular complexity index is 371. The molecule has 22 heavy (non-hydrogen) atoms. The number of likely N-dealkylation sites (N-methyl/N-ethyl adjacent to an activating group) is 1.